The maximum atomic E-state index is 12.7. The Morgan fingerprint density at radius 2 is 1.89 bits per heavy atom. The summed E-state index contributed by atoms with van der Waals surface area (Å²) in [6.07, 6.45) is -3.53. The Hall–Kier alpha value is -2.87. The Morgan fingerprint density at radius 3 is 2.48 bits per heavy atom. The quantitative estimate of drug-likeness (QED) is 0.698. The number of aryl methyl sites for hydroxylation is 1. The van der Waals surface area contributed by atoms with Crippen molar-refractivity contribution < 1.29 is 22.5 Å². The van der Waals surface area contributed by atoms with Gasteiger partial charge in [0.25, 0.3) is 5.91 Å². The molecule has 0 spiro atoms. The van der Waals surface area contributed by atoms with E-state index in [9.17, 15) is 18.0 Å². The molecule has 3 rings (SSSR count). The molecule has 1 N–H and O–H groups in total. The monoisotopic (exact) mass is 395 g/mol. The number of aromatic nitrogens is 2. The number of amides is 1. The fourth-order valence-electron chi connectivity index (χ4n) is 2.41. The third-order valence-corrected chi connectivity index (χ3v) is 4.04. The largest absolute Gasteiger partial charge is 0.433 e. The van der Waals surface area contributed by atoms with Gasteiger partial charge < -0.3 is 9.84 Å². The van der Waals surface area contributed by atoms with E-state index < -0.39 is 17.8 Å². The predicted molar refractivity (Wildman–Crippen MR) is 92.1 cm³/mol. The third kappa shape index (κ3) is 4.28. The van der Waals surface area contributed by atoms with Crippen LogP contribution in [0.25, 0.3) is 11.3 Å². The second-order valence-electron chi connectivity index (χ2n) is 5.70. The van der Waals surface area contributed by atoms with E-state index in [1.807, 2.05) is 0 Å². The summed E-state index contributed by atoms with van der Waals surface area (Å²) in [7, 11) is 0. The first-order chi connectivity index (χ1) is 12.8. The first-order valence-corrected chi connectivity index (χ1v) is 8.16. The number of hydrogen-bond donors (Lipinski definition) is 1. The van der Waals surface area contributed by atoms with Crippen molar-refractivity contribution in [2.24, 2.45) is 0 Å². The van der Waals surface area contributed by atoms with E-state index in [0.29, 0.717) is 5.02 Å². The molecule has 9 heteroatoms. The van der Waals surface area contributed by atoms with Crippen molar-refractivity contribution in [1.82, 2.24) is 15.5 Å². The molecule has 140 valence electrons. The number of carbonyl (C=O) groups excluding carboxylic acids is 1. The van der Waals surface area contributed by atoms with Gasteiger partial charge in [0.05, 0.1) is 0 Å². The van der Waals surface area contributed by atoms with Crippen molar-refractivity contribution in [3.05, 3.63) is 70.2 Å². The van der Waals surface area contributed by atoms with E-state index in [1.54, 1.807) is 31.2 Å². The van der Waals surface area contributed by atoms with Gasteiger partial charge in [0.2, 0.25) is 0 Å². The normalized spacial score (nSPS) is 11.4. The molecule has 0 unspecified atom stereocenters. The average molecular weight is 396 g/mol. The highest BCUT2D eigenvalue weighted by atomic mass is 35.5. The summed E-state index contributed by atoms with van der Waals surface area (Å²) in [6, 6.07) is 8.96. The molecule has 0 fully saturated rings. The third-order valence-electron chi connectivity index (χ3n) is 3.78. The fourth-order valence-corrected chi connectivity index (χ4v) is 2.54. The van der Waals surface area contributed by atoms with Crippen LogP contribution in [0.3, 0.4) is 0 Å². The molecule has 2 heterocycles. The molecule has 1 aromatic carbocycles. The van der Waals surface area contributed by atoms with Gasteiger partial charge in [-0.1, -0.05) is 28.9 Å². The molecule has 1 amide bonds. The standard InChI is InChI=1S/C18H13ClF3N3O2/c1-10-15(17(26)24-8-11-2-5-13(19)6-3-11)16(25-27-10)12-4-7-14(23-9-12)18(20,21)22/h2-7,9H,8H2,1H3,(H,24,26). The van der Waals surface area contributed by atoms with Gasteiger partial charge >= 0.3 is 6.18 Å². The average Bonchev–Trinajstić information content (AvgIpc) is 3.02. The zero-order chi connectivity index (χ0) is 19.6. The minimum atomic E-state index is -4.54. The van der Waals surface area contributed by atoms with Gasteiger partial charge in [-0.05, 0) is 36.8 Å². The second-order valence-corrected chi connectivity index (χ2v) is 6.14. The molecule has 2 aromatic heterocycles. The topological polar surface area (TPSA) is 68.0 Å². The van der Waals surface area contributed by atoms with Gasteiger partial charge in [0, 0.05) is 23.3 Å². The van der Waals surface area contributed by atoms with Crippen molar-refractivity contribution >= 4 is 17.5 Å². The van der Waals surface area contributed by atoms with E-state index in [2.05, 4.69) is 15.5 Å². The van der Waals surface area contributed by atoms with Crippen LogP contribution < -0.4 is 5.32 Å². The van der Waals surface area contributed by atoms with Crippen LogP contribution in [0.15, 0.2) is 47.1 Å². The minimum absolute atomic E-state index is 0.127. The Labute approximate surface area is 157 Å². The van der Waals surface area contributed by atoms with E-state index in [0.717, 1.165) is 17.8 Å². The summed E-state index contributed by atoms with van der Waals surface area (Å²) in [5.74, 6) is -0.211. The summed E-state index contributed by atoms with van der Waals surface area (Å²) in [5.41, 5.74) is 0.323. The number of halogens is 4. The number of rotatable bonds is 4. The molecule has 0 atom stereocenters. The van der Waals surface area contributed by atoms with E-state index >= 15 is 0 Å². The van der Waals surface area contributed by atoms with E-state index in [-0.39, 0.29) is 29.1 Å². The van der Waals surface area contributed by atoms with E-state index in [4.69, 9.17) is 16.1 Å². The SMILES string of the molecule is Cc1onc(-c2ccc(C(F)(F)F)nc2)c1C(=O)NCc1ccc(Cl)cc1. The Morgan fingerprint density at radius 1 is 1.19 bits per heavy atom. The molecule has 0 aliphatic heterocycles. The molecule has 27 heavy (non-hydrogen) atoms. The number of pyridine rings is 1. The van der Waals surface area contributed by atoms with Crippen LogP contribution in [-0.4, -0.2) is 16.0 Å². The van der Waals surface area contributed by atoms with Crippen LogP contribution in [0.1, 0.15) is 27.4 Å². The summed E-state index contributed by atoms with van der Waals surface area (Å²) < 4.78 is 43.0. The Bertz CT molecular complexity index is 951. The van der Waals surface area contributed by atoms with Crippen molar-refractivity contribution in [3.63, 3.8) is 0 Å². The van der Waals surface area contributed by atoms with Gasteiger partial charge in [0.15, 0.2) is 0 Å². The van der Waals surface area contributed by atoms with Crippen molar-refractivity contribution in [2.45, 2.75) is 19.6 Å². The molecular formula is C18H13ClF3N3O2. The summed E-state index contributed by atoms with van der Waals surface area (Å²) >= 11 is 5.82. The number of carbonyl (C=O) groups is 1. The van der Waals surface area contributed by atoms with Gasteiger partial charge in [-0.3, -0.25) is 9.78 Å². The summed E-state index contributed by atoms with van der Waals surface area (Å²) in [5, 5.41) is 7.10. The maximum Gasteiger partial charge on any atom is 0.433 e. The number of hydrogen-bond acceptors (Lipinski definition) is 4. The molecule has 0 bridgehead atoms. The summed E-state index contributed by atoms with van der Waals surface area (Å²) in [4.78, 5) is 15.9. The number of benzene rings is 1. The maximum absolute atomic E-state index is 12.7. The van der Waals surface area contributed by atoms with Crippen LogP contribution in [0.5, 0.6) is 0 Å². The first kappa shape index (κ1) is 18.9. The predicted octanol–water partition coefficient (Wildman–Crippen LogP) is 4.65. The van der Waals surface area contributed by atoms with Crippen molar-refractivity contribution in [3.8, 4) is 11.3 Å². The molecular weight excluding hydrogens is 383 g/mol. The number of alkyl halides is 3. The molecule has 3 aromatic rings. The highest BCUT2D eigenvalue weighted by Crippen LogP contribution is 2.30. The van der Waals surface area contributed by atoms with Crippen LogP contribution in [0, 0.1) is 6.92 Å². The molecule has 0 radical (unpaired) electrons. The fraction of sp³-hybridized carbons (Fsp3) is 0.167. The lowest BCUT2D eigenvalue weighted by Crippen LogP contribution is -2.23. The molecule has 0 aliphatic carbocycles. The van der Waals surface area contributed by atoms with Crippen molar-refractivity contribution in [2.75, 3.05) is 0 Å². The molecule has 0 saturated carbocycles. The van der Waals surface area contributed by atoms with Crippen LogP contribution >= 0.6 is 11.6 Å². The van der Waals surface area contributed by atoms with Crippen LogP contribution in [0.4, 0.5) is 13.2 Å². The van der Waals surface area contributed by atoms with Gasteiger partial charge in [-0.2, -0.15) is 13.2 Å². The highest BCUT2D eigenvalue weighted by molar-refractivity contribution is 6.30. The zero-order valence-electron chi connectivity index (χ0n) is 14.0. The smallest absolute Gasteiger partial charge is 0.360 e. The van der Waals surface area contributed by atoms with Crippen LogP contribution in [-0.2, 0) is 12.7 Å². The zero-order valence-corrected chi connectivity index (χ0v) is 14.7. The highest BCUT2D eigenvalue weighted by Gasteiger charge is 2.32. The number of nitrogens with one attached hydrogen (secondary N) is 1. The van der Waals surface area contributed by atoms with Crippen molar-refractivity contribution in [1.29, 1.82) is 0 Å². The lowest BCUT2D eigenvalue weighted by molar-refractivity contribution is -0.141. The van der Waals surface area contributed by atoms with Gasteiger partial charge in [0.1, 0.15) is 22.7 Å². The Kier molecular flexibility index (Phi) is 5.18. The first-order valence-electron chi connectivity index (χ1n) is 7.78. The lowest BCUT2D eigenvalue weighted by Gasteiger charge is -2.07. The minimum Gasteiger partial charge on any atom is -0.360 e. The molecule has 0 saturated heterocycles. The van der Waals surface area contributed by atoms with E-state index in [1.165, 1.54) is 6.07 Å². The number of nitrogens with zero attached hydrogens (tertiary/aromatic N) is 2. The molecule has 5 nitrogen and oxygen atoms in total. The van der Waals surface area contributed by atoms with Gasteiger partial charge in [-0.15, -0.1) is 0 Å². The molecule has 0 aliphatic rings. The Balaban J connectivity index is 1.81. The lowest BCUT2D eigenvalue weighted by atomic mass is 10.1. The van der Waals surface area contributed by atoms with Gasteiger partial charge in [-0.25, -0.2) is 0 Å². The van der Waals surface area contributed by atoms with Crippen LogP contribution in [0.2, 0.25) is 5.02 Å². The summed E-state index contributed by atoms with van der Waals surface area (Å²) in [6.45, 7) is 1.79. The second kappa shape index (κ2) is 7.40.